The van der Waals surface area contributed by atoms with Gasteiger partial charge in [0.2, 0.25) is 0 Å². The van der Waals surface area contributed by atoms with Crippen LogP contribution in [0, 0.1) is 50.8 Å². The average Bonchev–Trinajstić information content (AvgIpc) is 1.61. The van der Waals surface area contributed by atoms with Crippen molar-refractivity contribution in [3.63, 3.8) is 0 Å². The molecule has 4 amide bonds. The zero-order chi connectivity index (χ0) is 96.5. The van der Waals surface area contributed by atoms with Crippen LogP contribution < -0.4 is 24.5 Å². The molecule has 12 aromatic rings. The van der Waals surface area contributed by atoms with Crippen LogP contribution in [0.2, 0.25) is 0 Å². The summed E-state index contributed by atoms with van der Waals surface area (Å²) in [5.41, 5.74) is 13.9. The minimum atomic E-state index is -0.975. The van der Waals surface area contributed by atoms with Crippen LogP contribution in [0.4, 0.5) is 33.3 Å². The molecule has 4 unspecified atom stereocenters. The van der Waals surface area contributed by atoms with Crippen LogP contribution >= 0.6 is 0 Å². The Morgan fingerprint density at radius 2 is 0.560 bits per heavy atom. The van der Waals surface area contributed by atoms with Gasteiger partial charge in [-0.05, 0) is 199 Å². The summed E-state index contributed by atoms with van der Waals surface area (Å²) in [6, 6.07) is 68.5. The lowest BCUT2D eigenvalue weighted by atomic mass is 9.93. The van der Waals surface area contributed by atoms with Gasteiger partial charge in [-0.15, -0.1) is 20.4 Å². The third kappa shape index (κ3) is 20.4. The third-order valence-corrected chi connectivity index (χ3v) is 23.5. The molecule has 680 valence electrons. The summed E-state index contributed by atoms with van der Waals surface area (Å²) < 4.78 is 13.6. The summed E-state index contributed by atoms with van der Waals surface area (Å²) in [7, 11) is 3.87. The van der Waals surface area contributed by atoms with Gasteiger partial charge in [-0.3, -0.25) is 58.0 Å². The number of nitrogens with zero attached hydrogens (tertiary/aromatic N) is 14. The Balaban J connectivity index is 0.000000152. The van der Waals surface area contributed by atoms with E-state index < -0.39 is 76.7 Å². The molecule has 16 rings (SSSR count). The molecule has 0 bridgehead atoms. The van der Waals surface area contributed by atoms with Crippen LogP contribution in [0.1, 0.15) is 218 Å². The maximum absolute atomic E-state index is 13.6. The van der Waals surface area contributed by atoms with E-state index in [2.05, 4.69) is 116 Å². The molecule has 4 aliphatic heterocycles. The quantitative estimate of drug-likeness (QED) is 0.0332. The lowest BCUT2D eigenvalue weighted by molar-refractivity contribution is -0.132. The van der Waals surface area contributed by atoms with E-state index in [0.717, 1.165) is 39.9 Å². The van der Waals surface area contributed by atoms with Gasteiger partial charge in [0.25, 0.3) is 23.1 Å². The van der Waals surface area contributed by atoms with Crippen molar-refractivity contribution in [3.05, 3.63) is 371 Å². The highest BCUT2D eigenvalue weighted by molar-refractivity contribution is 6.54. The fourth-order valence-electron chi connectivity index (χ4n) is 16.0. The summed E-state index contributed by atoms with van der Waals surface area (Å²) in [6.07, 6.45) is 0.923. The second-order valence-electron chi connectivity index (χ2n) is 35.0. The molecule has 26 nitrogen and oxygen atoms in total. The summed E-state index contributed by atoms with van der Waals surface area (Å²) >= 11 is 0. The van der Waals surface area contributed by atoms with Crippen molar-refractivity contribution in [1.82, 2.24) is 40.8 Å². The van der Waals surface area contributed by atoms with Crippen molar-refractivity contribution >= 4 is 98.8 Å². The van der Waals surface area contributed by atoms with Crippen molar-refractivity contribution in [2.45, 2.75) is 151 Å². The second kappa shape index (κ2) is 41.0. The largest absolute Gasteiger partial charge is 0.507 e. The first-order valence-corrected chi connectivity index (χ1v) is 43.9. The highest BCUT2D eigenvalue weighted by Gasteiger charge is 2.52. The first-order chi connectivity index (χ1) is 63.9. The highest BCUT2D eigenvalue weighted by Crippen LogP contribution is 2.47. The SMILES string of the molecule is Cc1ccc(N2C(=O)C(=O)C(=C(O)c3ccc(C(C)C)cc3)C2c2ccc(C#N)cc2)nn1.Cc1ccc(N2C(=O)C(=O)C(=C(O)c3ccc(C(C)C)cc3)C2c2ccc(CC(C)C)cc2)nn1.Cc1ccc(N2C(=O)C(=O)C(=C(O)c3ccc(C(C)C)cc3)C2c2ccc(F)cc2)nn1.Cc1ccc(N2C(=O)C(=O)C(=C(O)c3ccc(C(C)C)cc3)C2c2ccc(N(C)C)cc2)nn1. The van der Waals surface area contributed by atoms with Crippen LogP contribution in [0.15, 0.2) is 265 Å². The lowest BCUT2D eigenvalue weighted by Gasteiger charge is -2.24. The molecule has 27 heteroatoms. The van der Waals surface area contributed by atoms with Crippen molar-refractivity contribution < 1.29 is 63.2 Å². The van der Waals surface area contributed by atoms with E-state index in [0.29, 0.717) is 96.9 Å². The molecule has 134 heavy (non-hydrogen) atoms. The highest BCUT2D eigenvalue weighted by atomic mass is 19.1. The number of amides is 4. The zero-order valence-corrected chi connectivity index (χ0v) is 77.2. The smallest absolute Gasteiger partial charge is 0.301 e. The molecule has 0 aliphatic carbocycles. The number of ketones is 4. The van der Waals surface area contributed by atoms with Gasteiger partial charge in [0, 0.05) is 42.0 Å². The van der Waals surface area contributed by atoms with E-state index in [1.807, 2.05) is 116 Å². The number of nitriles is 1. The van der Waals surface area contributed by atoms with Crippen molar-refractivity contribution in [3.8, 4) is 6.07 Å². The molecule has 8 heterocycles. The number of hydrogen-bond donors (Lipinski definition) is 4. The molecule has 4 aromatic heterocycles. The standard InChI is InChI=1S/C29H31N3O3.C27H28N4O3.C26H22N4O3.C25H22FN3O3/c1-17(2)16-20-7-9-22(10-8-20)26-25(27(33)23-13-11-21(12-14-23)18(3)4)28(34)29(35)32(26)24-15-6-19(5)30-31-24;1-16(2)18-7-9-20(10-8-18)25(32)23-24(19-11-13-21(14-12-19)30(4)5)31(27(34)26(23)33)22-15-6-17(3)28-29-22;1-15(2)18-9-11-20(12-10-18)24(31)22-23(19-7-5-17(14-27)6-8-19)30(26(33)25(22)32)21-13-4-16(3)28-29-21;1-14(2)16-5-7-18(8-6-16)23(30)21-22(17-9-11-19(26)12-10-17)29(25(32)24(21)31)20-13-4-15(3)27-28-20/h6-15,17-18,26,33H,16H2,1-5H3;6-16,24,32H,1-5H3;4-13,15,23,31H,1-3H3;4-14,22,30H,1-3H3. The zero-order valence-electron chi connectivity index (χ0n) is 77.2. The van der Waals surface area contributed by atoms with Crippen molar-refractivity contribution in [2.24, 2.45) is 5.92 Å². The molecule has 4 saturated heterocycles. The number of anilines is 5. The molecule has 0 saturated carbocycles. The monoisotopic (exact) mass is 1790 g/mol. The number of rotatable bonds is 19. The molecule has 4 atom stereocenters. The Morgan fingerprint density at radius 3 is 0.769 bits per heavy atom. The van der Waals surface area contributed by atoms with Crippen molar-refractivity contribution in [1.29, 1.82) is 5.26 Å². The number of aliphatic hydroxyl groups excluding tert-OH is 4. The number of aryl methyl sites for hydroxylation is 4. The molecule has 8 aromatic carbocycles. The molecular weight excluding hydrogens is 1690 g/mol. The molecular formula is C107H103FN14O12. The van der Waals surface area contributed by atoms with Crippen molar-refractivity contribution in [2.75, 3.05) is 38.6 Å². The number of carbonyl (C=O) groups is 8. The van der Waals surface area contributed by atoms with Gasteiger partial charge in [-0.1, -0.05) is 227 Å². The number of carbonyl (C=O) groups excluding carboxylic acids is 8. The van der Waals surface area contributed by atoms with Crippen LogP contribution in [-0.2, 0) is 44.8 Å². The first kappa shape index (κ1) is 95.6. The molecule has 4 fully saturated rings. The first-order valence-electron chi connectivity index (χ1n) is 43.9. The Bertz CT molecular complexity index is 6600. The number of halogens is 1. The van der Waals surface area contributed by atoms with Gasteiger partial charge < -0.3 is 25.3 Å². The molecule has 0 spiro atoms. The Kier molecular flexibility index (Phi) is 29.2. The lowest BCUT2D eigenvalue weighted by Crippen LogP contribution is -2.30. The maximum atomic E-state index is 13.6. The number of benzene rings is 8. The summed E-state index contributed by atoms with van der Waals surface area (Å²) in [4.78, 5) is 112. The molecule has 4 N–H and O–H groups in total. The summed E-state index contributed by atoms with van der Waals surface area (Å²) in [5, 5.41) is 86.6. The third-order valence-electron chi connectivity index (χ3n) is 23.5. The number of aliphatic hydroxyl groups is 4. The van der Waals surface area contributed by atoms with Gasteiger partial charge in [-0.25, -0.2) is 4.39 Å². The normalized spacial score (nSPS) is 17.6. The molecule has 4 aliphatic rings. The fourth-order valence-corrected chi connectivity index (χ4v) is 16.0. The second-order valence-corrected chi connectivity index (χ2v) is 35.0. The maximum Gasteiger partial charge on any atom is 0.301 e. The topological polar surface area (TPSA) is 361 Å². The average molecular weight is 1800 g/mol. The summed E-state index contributed by atoms with van der Waals surface area (Å²) in [6.45, 7) is 28.0. The predicted octanol–water partition coefficient (Wildman–Crippen LogP) is 19.4. The Hall–Kier alpha value is -16.0. The van der Waals surface area contributed by atoms with Gasteiger partial charge in [0.15, 0.2) is 23.3 Å². The minimum Gasteiger partial charge on any atom is -0.507 e. The van der Waals surface area contributed by atoms with Crippen LogP contribution in [0.3, 0.4) is 0 Å². The number of hydrogen-bond acceptors (Lipinski definition) is 22. The van der Waals surface area contributed by atoms with Gasteiger partial charge in [0.1, 0.15) is 28.9 Å². The predicted molar refractivity (Wildman–Crippen MR) is 512 cm³/mol. The van der Waals surface area contributed by atoms with E-state index in [-0.39, 0.29) is 68.6 Å². The van der Waals surface area contributed by atoms with E-state index in [4.69, 9.17) is 5.26 Å². The van der Waals surface area contributed by atoms with Gasteiger partial charge >= 0.3 is 23.6 Å². The van der Waals surface area contributed by atoms with Gasteiger partial charge in [-0.2, -0.15) is 25.7 Å². The van der Waals surface area contributed by atoms with E-state index >= 15 is 0 Å². The minimum absolute atomic E-state index is 0.0299. The Labute approximate surface area is 776 Å². The van der Waals surface area contributed by atoms with Crippen LogP contribution in [0.5, 0.6) is 0 Å². The van der Waals surface area contributed by atoms with Crippen LogP contribution in [0.25, 0.3) is 23.0 Å². The Morgan fingerprint density at radius 1 is 0.328 bits per heavy atom. The van der Waals surface area contributed by atoms with E-state index in [1.165, 1.54) is 49.4 Å². The van der Waals surface area contributed by atoms with E-state index in [1.54, 1.807) is 149 Å². The number of aromatic nitrogens is 8. The number of Topliss-reactive ketones (excluding diaryl/α,β-unsaturated/α-hetero) is 4. The molecule has 0 radical (unpaired) electrons. The van der Waals surface area contributed by atoms with Crippen LogP contribution in [-0.4, -0.2) is 122 Å². The van der Waals surface area contributed by atoms with E-state index in [9.17, 15) is 63.2 Å². The van der Waals surface area contributed by atoms with Gasteiger partial charge in [0.05, 0.1) is 80.9 Å². The summed E-state index contributed by atoms with van der Waals surface area (Å²) in [5.74, 6) is -5.02. The fraction of sp³-hybridized carbons (Fsp3) is 0.243.